The number of nitrogens with one attached hydrogen (secondary N) is 2. The van der Waals surface area contributed by atoms with E-state index >= 15 is 0 Å². The molecule has 3 N–H and O–H groups in total. The highest BCUT2D eigenvalue weighted by molar-refractivity contribution is 5.80. The topological polar surface area (TPSA) is 91.6 Å². The lowest BCUT2D eigenvalue weighted by Gasteiger charge is -2.21. The minimum atomic E-state index is -1.27. The molecule has 2 aromatic rings. The van der Waals surface area contributed by atoms with Gasteiger partial charge in [-0.2, -0.15) is 0 Å². The molecule has 0 aliphatic carbocycles. The number of aliphatic hydroxyl groups is 1. The van der Waals surface area contributed by atoms with Crippen molar-refractivity contribution >= 4 is 11.8 Å². The minimum Gasteiger partial charge on any atom is -0.466 e. The summed E-state index contributed by atoms with van der Waals surface area (Å²) in [5.41, 5.74) is -0.343. The summed E-state index contributed by atoms with van der Waals surface area (Å²) >= 11 is 0. The van der Waals surface area contributed by atoms with Gasteiger partial charge in [-0.25, -0.2) is 0 Å². The highest BCUT2D eigenvalue weighted by Crippen LogP contribution is 2.19. The van der Waals surface area contributed by atoms with Gasteiger partial charge in [0.25, 0.3) is 0 Å². The summed E-state index contributed by atoms with van der Waals surface area (Å²) in [7, 11) is 0. The standard InChI is InChI=1S/C18H22N2O4/c1-18(23,15-8-5-11-24-15)13-20-16(21)9-10-19-17(22)12-14-6-3-2-4-7-14/h2-8,11,23H,9-10,12-13H2,1H3,(H,19,22)(H,20,21). The molecule has 2 rings (SSSR count). The Labute approximate surface area is 140 Å². The maximum absolute atomic E-state index is 11.8. The minimum absolute atomic E-state index is 0.0390. The molecule has 0 aliphatic heterocycles. The third kappa shape index (κ3) is 5.55. The molecule has 0 aliphatic rings. The highest BCUT2D eigenvalue weighted by Gasteiger charge is 2.26. The monoisotopic (exact) mass is 330 g/mol. The molecule has 1 heterocycles. The van der Waals surface area contributed by atoms with E-state index in [-0.39, 0.29) is 37.7 Å². The summed E-state index contributed by atoms with van der Waals surface area (Å²) in [6, 6.07) is 12.7. The van der Waals surface area contributed by atoms with Crippen LogP contribution >= 0.6 is 0 Å². The normalized spacial score (nSPS) is 13.1. The first-order chi connectivity index (χ1) is 11.5. The summed E-state index contributed by atoms with van der Waals surface area (Å²) in [5, 5.41) is 15.6. The molecular formula is C18H22N2O4. The Bertz CT molecular complexity index is 651. The van der Waals surface area contributed by atoms with Crippen molar-refractivity contribution in [2.45, 2.75) is 25.4 Å². The maximum Gasteiger partial charge on any atom is 0.224 e. The van der Waals surface area contributed by atoms with Crippen LogP contribution in [0.1, 0.15) is 24.7 Å². The van der Waals surface area contributed by atoms with E-state index in [1.807, 2.05) is 30.3 Å². The smallest absolute Gasteiger partial charge is 0.224 e. The largest absolute Gasteiger partial charge is 0.466 e. The molecule has 0 bridgehead atoms. The number of hydrogen-bond acceptors (Lipinski definition) is 4. The fraction of sp³-hybridized carbons (Fsp3) is 0.333. The number of benzene rings is 1. The molecule has 0 saturated heterocycles. The lowest BCUT2D eigenvalue weighted by Crippen LogP contribution is -2.39. The molecule has 6 nitrogen and oxygen atoms in total. The lowest BCUT2D eigenvalue weighted by atomic mass is 10.0. The van der Waals surface area contributed by atoms with Crippen LogP contribution in [-0.4, -0.2) is 30.0 Å². The van der Waals surface area contributed by atoms with E-state index in [0.717, 1.165) is 5.56 Å². The summed E-state index contributed by atoms with van der Waals surface area (Å²) < 4.78 is 5.14. The number of carbonyl (C=O) groups is 2. The summed E-state index contributed by atoms with van der Waals surface area (Å²) in [4.78, 5) is 23.6. The molecule has 1 aromatic carbocycles. The molecule has 0 spiro atoms. The van der Waals surface area contributed by atoms with Crippen LogP contribution in [0, 0.1) is 0 Å². The second-order valence-electron chi connectivity index (χ2n) is 5.79. The quantitative estimate of drug-likeness (QED) is 0.681. The molecule has 128 valence electrons. The van der Waals surface area contributed by atoms with Gasteiger partial charge in [0, 0.05) is 13.0 Å². The fourth-order valence-corrected chi connectivity index (χ4v) is 2.19. The fourth-order valence-electron chi connectivity index (χ4n) is 2.19. The Morgan fingerprint density at radius 1 is 1.08 bits per heavy atom. The van der Waals surface area contributed by atoms with Crippen molar-refractivity contribution in [1.82, 2.24) is 10.6 Å². The van der Waals surface area contributed by atoms with Gasteiger partial charge in [0.1, 0.15) is 11.4 Å². The first-order valence-corrected chi connectivity index (χ1v) is 7.81. The second kappa shape index (κ2) is 8.31. The Hall–Kier alpha value is -2.60. The molecular weight excluding hydrogens is 308 g/mol. The van der Waals surface area contributed by atoms with Crippen LogP contribution in [0.4, 0.5) is 0 Å². The average Bonchev–Trinajstić information content (AvgIpc) is 3.09. The van der Waals surface area contributed by atoms with Gasteiger partial charge >= 0.3 is 0 Å². The second-order valence-corrected chi connectivity index (χ2v) is 5.79. The molecule has 1 atom stereocenters. The molecule has 0 fully saturated rings. The Balaban J connectivity index is 1.65. The van der Waals surface area contributed by atoms with Gasteiger partial charge in [0.15, 0.2) is 0 Å². The Morgan fingerprint density at radius 2 is 1.83 bits per heavy atom. The average molecular weight is 330 g/mol. The molecule has 0 radical (unpaired) electrons. The third-order valence-electron chi connectivity index (χ3n) is 3.56. The predicted molar refractivity (Wildman–Crippen MR) is 89.1 cm³/mol. The van der Waals surface area contributed by atoms with Gasteiger partial charge in [0.05, 0.1) is 19.2 Å². The van der Waals surface area contributed by atoms with Crippen LogP contribution in [0.25, 0.3) is 0 Å². The number of furan rings is 1. The SMILES string of the molecule is CC(O)(CNC(=O)CCNC(=O)Cc1ccccc1)c1ccco1. The van der Waals surface area contributed by atoms with Crippen molar-refractivity contribution in [2.75, 3.05) is 13.1 Å². The molecule has 24 heavy (non-hydrogen) atoms. The molecule has 1 aromatic heterocycles. The predicted octanol–water partition coefficient (Wildman–Crippen LogP) is 1.35. The highest BCUT2D eigenvalue weighted by atomic mass is 16.4. The number of carbonyl (C=O) groups excluding carboxylic acids is 2. The maximum atomic E-state index is 11.8. The van der Waals surface area contributed by atoms with Gasteiger partial charge in [-0.05, 0) is 24.6 Å². The van der Waals surface area contributed by atoms with Gasteiger partial charge < -0.3 is 20.2 Å². The van der Waals surface area contributed by atoms with E-state index in [0.29, 0.717) is 5.76 Å². The van der Waals surface area contributed by atoms with Gasteiger partial charge in [0.2, 0.25) is 11.8 Å². The van der Waals surface area contributed by atoms with E-state index in [1.165, 1.54) is 6.26 Å². The van der Waals surface area contributed by atoms with Crippen molar-refractivity contribution in [1.29, 1.82) is 0 Å². The van der Waals surface area contributed by atoms with E-state index in [2.05, 4.69) is 10.6 Å². The van der Waals surface area contributed by atoms with E-state index in [4.69, 9.17) is 4.42 Å². The van der Waals surface area contributed by atoms with Crippen LogP contribution in [0.2, 0.25) is 0 Å². The van der Waals surface area contributed by atoms with Crippen molar-refractivity contribution in [2.24, 2.45) is 0 Å². The zero-order chi connectivity index (χ0) is 17.4. The zero-order valence-corrected chi connectivity index (χ0v) is 13.6. The Morgan fingerprint density at radius 3 is 2.50 bits per heavy atom. The van der Waals surface area contributed by atoms with Crippen LogP contribution in [0.5, 0.6) is 0 Å². The molecule has 6 heteroatoms. The van der Waals surface area contributed by atoms with E-state index in [9.17, 15) is 14.7 Å². The van der Waals surface area contributed by atoms with Crippen molar-refractivity contribution < 1.29 is 19.1 Å². The third-order valence-corrected chi connectivity index (χ3v) is 3.56. The summed E-state index contributed by atoms with van der Waals surface area (Å²) in [6.45, 7) is 1.85. The van der Waals surface area contributed by atoms with Crippen molar-refractivity contribution in [3.05, 3.63) is 60.1 Å². The first-order valence-electron chi connectivity index (χ1n) is 7.81. The van der Waals surface area contributed by atoms with Crippen LogP contribution in [0.3, 0.4) is 0 Å². The molecule has 2 amide bonds. The van der Waals surface area contributed by atoms with Crippen molar-refractivity contribution in [3.8, 4) is 0 Å². The summed E-state index contributed by atoms with van der Waals surface area (Å²) in [5.74, 6) is 0.0115. The van der Waals surface area contributed by atoms with Gasteiger partial charge in [-0.1, -0.05) is 30.3 Å². The van der Waals surface area contributed by atoms with Crippen molar-refractivity contribution in [3.63, 3.8) is 0 Å². The first kappa shape index (κ1) is 17.7. The number of rotatable bonds is 8. The Kier molecular flexibility index (Phi) is 6.14. The van der Waals surface area contributed by atoms with Gasteiger partial charge in [-0.15, -0.1) is 0 Å². The molecule has 1 unspecified atom stereocenters. The molecule has 0 saturated carbocycles. The zero-order valence-electron chi connectivity index (χ0n) is 13.6. The summed E-state index contributed by atoms with van der Waals surface area (Å²) in [6.07, 6.45) is 1.90. The van der Waals surface area contributed by atoms with E-state index in [1.54, 1.807) is 19.1 Å². The van der Waals surface area contributed by atoms with Crippen LogP contribution in [0.15, 0.2) is 53.1 Å². The van der Waals surface area contributed by atoms with Crippen LogP contribution < -0.4 is 10.6 Å². The number of hydrogen-bond donors (Lipinski definition) is 3. The lowest BCUT2D eigenvalue weighted by molar-refractivity contribution is -0.123. The van der Waals surface area contributed by atoms with Gasteiger partial charge in [-0.3, -0.25) is 9.59 Å². The number of amides is 2. The van der Waals surface area contributed by atoms with Crippen LogP contribution in [-0.2, 0) is 21.6 Å². The van der Waals surface area contributed by atoms with E-state index < -0.39 is 5.60 Å².